The zero-order valence-corrected chi connectivity index (χ0v) is 21.7. The molecule has 0 spiro atoms. The first kappa shape index (κ1) is 35.3. The highest BCUT2D eigenvalue weighted by atomic mass is 19.3. The van der Waals surface area contributed by atoms with E-state index < -0.39 is 92.7 Å². The molecule has 4 aliphatic carbocycles. The molecule has 0 radical (unpaired) electrons. The molecule has 4 fully saturated rings. The van der Waals surface area contributed by atoms with Gasteiger partial charge in [-0.25, -0.2) is 26.3 Å². The highest BCUT2D eigenvalue weighted by Crippen LogP contribution is 2.50. The first-order valence-corrected chi connectivity index (χ1v) is 13.4. The molecule has 4 nitrogen and oxygen atoms in total. The van der Waals surface area contributed by atoms with Gasteiger partial charge in [-0.3, -0.25) is 0 Å². The fourth-order valence-electron chi connectivity index (χ4n) is 7.33. The second-order valence-electron chi connectivity index (χ2n) is 11.8. The topological polar surface area (TPSA) is 104 Å². The minimum Gasteiger partial charge on any atom is -0.412 e. The van der Waals surface area contributed by atoms with Crippen LogP contribution >= 0.6 is 0 Å². The van der Waals surface area contributed by atoms with E-state index in [1.165, 1.54) is 0 Å². The molecule has 38 heavy (non-hydrogen) atoms. The number of ether oxygens (including phenoxy) is 1. The third-order valence-corrected chi connectivity index (χ3v) is 9.41. The Labute approximate surface area is 220 Å². The highest BCUT2D eigenvalue weighted by molar-refractivity contribution is 4.97. The SMILES string of the molecule is CC1CCC(C2CCC(C3CC(F)C(C(F)(F)OC4CC(F)C(F)C(F)C4)C(F)C3)C(F)C2)CC1.O.O.O.[HH]. The maximum absolute atomic E-state index is 15.2. The van der Waals surface area contributed by atoms with E-state index in [0.717, 1.165) is 32.1 Å². The minimum atomic E-state index is -4.30. The molecule has 0 aromatic carbocycles. The quantitative estimate of drug-likeness (QED) is 0.379. The molecule has 7 unspecified atom stereocenters. The number of halogens is 8. The summed E-state index contributed by atoms with van der Waals surface area (Å²) in [7, 11) is 0. The Morgan fingerprint density at radius 2 is 1.05 bits per heavy atom. The summed E-state index contributed by atoms with van der Waals surface area (Å²) in [5.74, 6) is -2.22. The van der Waals surface area contributed by atoms with Crippen molar-refractivity contribution in [1.82, 2.24) is 0 Å². The fraction of sp³-hybridized carbons (Fsp3) is 1.00. The summed E-state index contributed by atoms with van der Waals surface area (Å²) in [6.45, 7) is 2.22. The number of hydrogen-bond acceptors (Lipinski definition) is 1. The average molecular weight is 575 g/mol. The maximum atomic E-state index is 15.2. The van der Waals surface area contributed by atoms with Crippen LogP contribution in [-0.2, 0) is 4.74 Å². The van der Waals surface area contributed by atoms with Crippen molar-refractivity contribution >= 4 is 0 Å². The molecule has 7 atom stereocenters. The molecule has 0 heterocycles. The third kappa shape index (κ3) is 7.72. The Morgan fingerprint density at radius 1 is 0.579 bits per heavy atom. The van der Waals surface area contributed by atoms with Gasteiger partial charge in [0.25, 0.3) is 0 Å². The summed E-state index contributed by atoms with van der Waals surface area (Å²) < 4.78 is 120. The molecule has 0 bridgehead atoms. The van der Waals surface area contributed by atoms with Crippen molar-refractivity contribution in [3.8, 4) is 0 Å². The lowest BCUT2D eigenvalue weighted by Gasteiger charge is -2.45. The summed E-state index contributed by atoms with van der Waals surface area (Å²) in [6.07, 6.45) is -15.1. The summed E-state index contributed by atoms with van der Waals surface area (Å²) in [6, 6.07) is 0. The smallest absolute Gasteiger partial charge is 0.364 e. The zero-order valence-electron chi connectivity index (χ0n) is 21.7. The van der Waals surface area contributed by atoms with E-state index in [4.69, 9.17) is 0 Å². The highest BCUT2D eigenvalue weighted by Gasteiger charge is 2.57. The van der Waals surface area contributed by atoms with Crippen LogP contribution in [0.25, 0.3) is 0 Å². The van der Waals surface area contributed by atoms with Gasteiger partial charge < -0.3 is 21.2 Å². The van der Waals surface area contributed by atoms with Gasteiger partial charge in [0.05, 0.1) is 6.10 Å². The lowest BCUT2D eigenvalue weighted by molar-refractivity contribution is -0.323. The van der Waals surface area contributed by atoms with Crippen LogP contribution < -0.4 is 0 Å². The third-order valence-electron chi connectivity index (χ3n) is 9.41. The summed E-state index contributed by atoms with van der Waals surface area (Å²) in [5.41, 5.74) is 0. The largest absolute Gasteiger partial charge is 0.412 e. The second kappa shape index (κ2) is 14.3. The molecule has 0 aliphatic heterocycles. The van der Waals surface area contributed by atoms with Crippen LogP contribution in [0.2, 0.25) is 0 Å². The van der Waals surface area contributed by atoms with Gasteiger partial charge in [0.1, 0.15) is 36.8 Å². The van der Waals surface area contributed by atoms with Gasteiger partial charge in [-0.15, -0.1) is 0 Å². The molecular formula is C26H46F8O4. The van der Waals surface area contributed by atoms with Gasteiger partial charge in [-0.2, -0.15) is 8.78 Å². The van der Waals surface area contributed by atoms with Crippen LogP contribution in [0.1, 0.15) is 79.0 Å². The van der Waals surface area contributed by atoms with Crippen LogP contribution in [0.3, 0.4) is 0 Å². The Balaban J connectivity index is 0.00000361. The summed E-state index contributed by atoms with van der Waals surface area (Å²) in [4.78, 5) is 0. The normalized spacial score (nSPS) is 46.2. The van der Waals surface area contributed by atoms with Gasteiger partial charge in [0.2, 0.25) is 0 Å². The molecule has 0 aromatic heterocycles. The minimum absolute atomic E-state index is 0. The average Bonchev–Trinajstić information content (AvgIpc) is 2.76. The van der Waals surface area contributed by atoms with Crippen LogP contribution in [0.15, 0.2) is 0 Å². The lowest BCUT2D eigenvalue weighted by Crippen LogP contribution is -2.52. The maximum Gasteiger partial charge on any atom is 0.364 e. The van der Waals surface area contributed by atoms with Crippen LogP contribution in [0.4, 0.5) is 35.1 Å². The molecule has 0 saturated heterocycles. The number of hydrogen-bond donors (Lipinski definition) is 0. The number of alkyl halides is 8. The Hall–Kier alpha value is -0.720. The van der Waals surface area contributed by atoms with E-state index in [1.807, 2.05) is 0 Å². The van der Waals surface area contributed by atoms with Gasteiger partial charge in [-0.05, 0) is 74.5 Å². The molecule has 12 heteroatoms. The van der Waals surface area contributed by atoms with Gasteiger partial charge in [0, 0.05) is 14.3 Å². The molecule has 4 aliphatic rings. The van der Waals surface area contributed by atoms with E-state index in [9.17, 15) is 30.7 Å². The molecule has 4 rings (SSSR count). The van der Waals surface area contributed by atoms with E-state index in [1.54, 1.807) is 0 Å². The molecule has 0 aromatic rings. The van der Waals surface area contributed by atoms with Crippen molar-refractivity contribution in [3.63, 3.8) is 0 Å². The Bertz CT molecular complexity index is 681. The van der Waals surface area contributed by atoms with Crippen molar-refractivity contribution in [2.75, 3.05) is 0 Å². The van der Waals surface area contributed by atoms with E-state index >= 15 is 4.39 Å². The monoisotopic (exact) mass is 574 g/mol. The van der Waals surface area contributed by atoms with Gasteiger partial charge in [0.15, 0.2) is 6.17 Å². The van der Waals surface area contributed by atoms with Gasteiger partial charge >= 0.3 is 6.11 Å². The zero-order chi connectivity index (χ0) is 25.5. The second-order valence-corrected chi connectivity index (χ2v) is 11.8. The van der Waals surface area contributed by atoms with Crippen molar-refractivity contribution in [3.05, 3.63) is 0 Å². The first-order chi connectivity index (χ1) is 16.5. The molecule has 0 amide bonds. The van der Waals surface area contributed by atoms with Crippen molar-refractivity contribution in [1.29, 1.82) is 0 Å². The van der Waals surface area contributed by atoms with Crippen LogP contribution in [0.5, 0.6) is 0 Å². The van der Waals surface area contributed by atoms with E-state index in [2.05, 4.69) is 11.7 Å². The Kier molecular flexibility index (Phi) is 13.2. The first-order valence-electron chi connectivity index (χ1n) is 13.4. The van der Waals surface area contributed by atoms with E-state index in [-0.39, 0.29) is 23.8 Å². The lowest BCUT2D eigenvalue weighted by atomic mass is 9.64. The number of rotatable bonds is 5. The molecule has 230 valence electrons. The van der Waals surface area contributed by atoms with Crippen LogP contribution in [-0.4, -0.2) is 65.7 Å². The van der Waals surface area contributed by atoms with Crippen LogP contribution in [0, 0.1) is 35.5 Å². The Morgan fingerprint density at radius 3 is 1.55 bits per heavy atom. The molecular weight excluding hydrogens is 528 g/mol. The molecule has 4 saturated carbocycles. The molecule has 6 N–H and O–H groups in total. The predicted molar refractivity (Wildman–Crippen MR) is 130 cm³/mol. The van der Waals surface area contributed by atoms with E-state index in [0.29, 0.717) is 24.7 Å². The summed E-state index contributed by atoms with van der Waals surface area (Å²) in [5, 5.41) is 0. The standard InChI is InChI=1S/C26H38F8O.3H2O.H2/c1-13-2-4-14(5-3-13)15-6-7-18(19(27)8-15)16-9-20(28)24(21(29)10-16)26(33,34)35-17-11-22(30)25(32)23(31)12-17;;;;/h13-25H,2-12H2,1H3;3*1H2;1H. The van der Waals surface area contributed by atoms with Crippen molar-refractivity contribution < 1.29 is 57.7 Å². The van der Waals surface area contributed by atoms with Gasteiger partial charge in [-0.1, -0.05) is 19.8 Å². The fourth-order valence-corrected chi connectivity index (χ4v) is 7.33. The summed E-state index contributed by atoms with van der Waals surface area (Å²) >= 11 is 0. The van der Waals surface area contributed by atoms with Crippen molar-refractivity contribution in [2.24, 2.45) is 35.5 Å². The van der Waals surface area contributed by atoms with Crippen molar-refractivity contribution in [2.45, 2.75) is 127 Å². The predicted octanol–water partition coefficient (Wildman–Crippen LogP) is 5.83.